The summed E-state index contributed by atoms with van der Waals surface area (Å²) in [5, 5.41) is 3.95. The van der Waals surface area contributed by atoms with Crippen molar-refractivity contribution in [2.75, 3.05) is 37.4 Å². The van der Waals surface area contributed by atoms with E-state index in [1.54, 1.807) is 35.1 Å². The summed E-state index contributed by atoms with van der Waals surface area (Å²) in [6, 6.07) is 8.87. The number of aromatic nitrogens is 5. The number of imidazole rings is 1. The fourth-order valence-electron chi connectivity index (χ4n) is 5.45. The molecule has 2 aromatic carbocycles. The summed E-state index contributed by atoms with van der Waals surface area (Å²) in [7, 11) is 4.17. The zero-order chi connectivity index (χ0) is 28.1. The van der Waals surface area contributed by atoms with E-state index < -0.39 is 5.56 Å². The van der Waals surface area contributed by atoms with Gasteiger partial charge in [-0.15, -0.1) is 0 Å². The van der Waals surface area contributed by atoms with Crippen molar-refractivity contribution in [3.05, 3.63) is 80.7 Å². The standard InChI is InChI=1S/C28H27Cl2FN8O/c1-16-13-17(14-22(31)24(16)37-10-7-18(8-11-37)36(2)3)34-28-33-15-19-23(35-28)26-32-9-12-38(26)39(27(19)40)25-20(29)5-4-6-21(25)30/h4-6,9,12-15,18H,7-8,10-11H2,1-3H3,(H,33,34,35). The van der Waals surface area contributed by atoms with Crippen LogP contribution in [0.15, 0.2) is 53.7 Å². The van der Waals surface area contributed by atoms with Crippen LogP contribution in [0, 0.1) is 12.7 Å². The third-order valence-electron chi connectivity index (χ3n) is 7.43. The number of nitrogens with one attached hydrogen (secondary N) is 1. The molecule has 0 amide bonds. The molecule has 6 rings (SSSR count). The van der Waals surface area contributed by atoms with Crippen LogP contribution < -0.4 is 15.8 Å². The Morgan fingerprint density at radius 3 is 2.48 bits per heavy atom. The van der Waals surface area contributed by atoms with Crippen molar-refractivity contribution in [2.24, 2.45) is 0 Å². The molecule has 1 aliphatic rings. The molecule has 12 heteroatoms. The summed E-state index contributed by atoms with van der Waals surface area (Å²) in [6.07, 6.45) is 6.59. The van der Waals surface area contributed by atoms with E-state index in [1.807, 2.05) is 13.0 Å². The van der Waals surface area contributed by atoms with Crippen molar-refractivity contribution in [3.63, 3.8) is 0 Å². The number of rotatable bonds is 5. The van der Waals surface area contributed by atoms with Crippen LogP contribution in [-0.2, 0) is 0 Å². The fraction of sp³-hybridized carbons (Fsp3) is 0.286. The second kappa shape index (κ2) is 10.3. The first kappa shape index (κ1) is 26.5. The van der Waals surface area contributed by atoms with Gasteiger partial charge in [-0.05, 0) is 63.7 Å². The molecular formula is C28H27Cl2FN8O. The lowest BCUT2D eigenvalue weighted by molar-refractivity contribution is 0.249. The minimum atomic E-state index is -0.411. The predicted molar refractivity (Wildman–Crippen MR) is 157 cm³/mol. The van der Waals surface area contributed by atoms with Crippen LogP contribution in [0.5, 0.6) is 0 Å². The molecule has 1 fully saturated rings. The van der Waals surface area contributed by atoms with Crippen molar-refractivity contribution in [1.29, 1.82) is 0 Å². The molecule has 3 aromatic heterocycles. The van der Waals surface area contributed by atoms with E-state index in [0.717, 1.165) is 31.5 Å². The number of anilines is 3. The van der Waals surface area contributed by atoms with Crippen molar-refractivity contribution < 1.29 is 4.39 Å². The second-order valence-corrected chi connectivity index (χ2v) is 11.0. The van der Waals surface area contributed by atoms with Gasteiger partial charge in [-0.2, -0.15) is 0 Å². The lowest BCUT2D eigenvalue weighted by Crippen LogP contribution is -2.42. The number of aryl methyl sites for hydroxylation is 1. The molecule has 0 aliphatic carbocycles. The first-order valence-corrected chi connectivity index (χ1v) is 13.7. The Morgan fingerprint density at radius 1 is 1.07 bits per heavy atom. The van der Waals surface area contributed by atoms with E-state index in [0.29, 0.717) is 44.3 Å². The molecule has 1 aliphatic heterocycles. The van der Waals surface area contributed by atoms with Gasteiger partial charge in [0.1, 0.15) is 17.0 Å². The molecule has 0 radical (unpaired) electrons. The van der Waals surface area contributed by atoms with Gasteiger partial charge in [0, 0.05) is 43.4 Å². The molecule has 206 valence electrons. The van der Waals surface area contributed by atoms with Gasteiger partial charge in [-0.1, -0.05) is 29.3 Å². The molecule has 40 heavy (non-hydrogen) atoms. The minimum Gasteiger partial charge on any atom is -0.369 e. The van der Waals surface area contributed by atoms with E-state index >= 15 is 4.39 Å². The first-order chi connectivity index (χ1) is 19.2. The number of piperidine rings is 1. The number of para-hydroxylation sites is 1. The maximum Gasteiger partial charge on any atom is 0.281 e. The van der Waals surface area contributed by atoms with Crippen LogP contribution in [0.3, 0.4) is 0 Å². The summed E-state index contributed by atoms with van der Waals surface area (Å²) in [5.41, 5.74) is 2.63. The van der Waals surface area contributed by atoms with Gasteiger partial charge in [0.2, 0.25) is 5.95 Å². The third-order valence-corrected chi connectivity index (χ3v) is 8.04. The van der Waals surface area contributed by atoms with E-state index in [4.69, 9.17) is 23.2 Å². The summed E-state index contributed by atoms with van der Waals surface area (Å²) in [6.45, 7) is 3.51. The Kier molecular flexibility index (Phi) is 6.85. The highest BCUT2D eigenvalue weighted by molar-refractivity contribution is 6.37. The van der Waals surface area contributed by atoms with E-state index in [2.05, 4.69) is 44.2 Å². The van der Waals surface area contributed by atoms with Crippen LogP contribution in [-0.4, -0.2) is 62.3 Å². The van der Waals surface area contributed by atoms with Gasteiger partial charge in [0.15, 0.2) is 5.65 Å². The van der Waals surface area contributed by atoms with Crippen LogP contribution in [0.25, 0.3) is 22.2 Å². The zero-order valence-corrected chi connectivity index (χ0v) is 23.7. The molecule has 0 saturated carbocycles. The Balaban J connectivity index is 1.35. The summed E-state index contributed by atoms with van der Waals surface area (Å²) in [4.78, 5) is 31.3. The highest BCUT2D eigenvalue weighted by Gasteiger charge is 2.24. The Bertz CT molecular complexity index is 1770. The fourth-order valence-corrected chi connectivity index (χ4v) is 6.01. The number of halogens is 3. The van der Waals surface area contributed by atoms with Gasteiger partial charge in [0.05, 0.1) is 21.1 Å². The van der Waals surface area contributed by atoms with Crippen LogP contribution in [0.2, 0.25) is 10.0 Å². The molecule has 0 bridgehead atoms. The first-order valence-electron chi connectivity index (χ1n) is 12.9. The van der Waals surface area contributed by atoms with E-state index in [-0.39, 0.29) is 17.2 Å². The molecule has 0 spiro atoms. The molecule has 0 unspecified atom stereocenters. The van der Waals surface area contributed by atoms with Gasteiger partial charge in [0.25, 0.3) is 5.56 Å². The average molecular weight is 581 g/mol. The van der Waals surface area contributed by atoms with E-state index in [1.165, 1.54) is 16.9 Å². The monoisotopic (exact) mass is 580 g/mol. The normalized spacial score (nSPS) is 14.5. The van der Waals surface area contributed by atoms with Crippen molar-refractivity contribution >= 4 is 57.1 Å². The maximum atomic E-state index is 15.4. The largest absolute Gasteiger partial charge is 0.369 e. The van der Waals surface area contributed by atoms with Gasteiger partial charge < -0.3 is 15.1 Å². The molecule has 5 aromatic rings. The summed E-state index contributed by atoms with van der Waals surface area (Å²) < 4.78 is 18.3. The van der Waals surface area contributed by atoms with Gasteiger partial charge in [-0.3, -0.25) is 4.79 Å². The van der Waals surface area contributed by atoms with Gasteiger partial charge >= 0.3 is 0 Å². The Morgan fingerprint density at radius 2 is 1.80 bits per heavy atom. The third kappa shape index (κ3) is 4.55. The smallest absolute Gasteiger partial charge is 0.281 e. The van der Waals surface area contributed by atoms with Crippen molar-refractivity contribution in [1.82, 2.24) is 29.0 Å². The Labute approximate surface area is 239 Å². The number of fused-ring (bicyclic) bond motifs is 3. The topological polar surface area (TPSA) is 83.6 Å². The summed E-state index contributed by atoms with van der Waals surface area (Å²) >= 11 is 12.8. The highest BCUT2D eigenvalue weighted by atomic mass is 35.5. The average Bonchev–Trinajstić information content (AvgIpc) is 3.40. The van der Waals surface area contributed by atoms with E-state index in [9.17, 15) is 4.79 Å². The molecule has 1 N–H and O–H groups in total. The van der Waals surface area contributed by atoms with Crippen molar-refractivity contribution in [2.45, 2.75) is 25.8 Å². The highest BCUT2D eigenvalue weighted by Crippen LogP contribution is 2.32. The zero-order valence-electron chi connectivity index (χ0n) is 22.2. The molecule has 1 saturated heterocycles. The maximum absolute atomic E-state index is 15.4. The number of benzene rings is 2. The lowest BCUT2D eigenvalue weighted by Gasteiger charge is -2.37. The van der Waals surface area contributed by atoms with Crippen LogP contribution in [0.1, 0.15) is 18.4 Å². The Hall–Kier alpha value is -3.73. The molecule has 4 heterocycles. The van der Waals surface area contributed by atoms with Crippen LogP contribution in [0.4, 0.5) is 21.7 Å². The number of nitrogens with zero attached hydrogens (tertiary/aromatic N) is 7. The number of hydrogen-bond acceptors (Lipinski definition) is 7. The lowest BCUT2D eigenvalue weighted by atomic mass is 10.0. The quantitative estimate of drug-likeness (QED) is 0.295. The summed E-state index contributed by atoms with van der Waals surface area (Å²) in [5.74, 6) is -0.0922. The number of hydrogen-bond donors (Lipinski definition) is 1. The molecular weight excluding hydrogens is 554 g/mol. The van der Waals surface area contributed by atoms with Crippen LogP contribution >= 0.6 is 23.2 Å². The minimum absolute atomic E-state index is 0.212. The van der Waals surface area contributed by atoms with Gasteiger partial charge in [-0.25, -0.2) is 28.5 Å². The predicted octanol–water partition coefficient (Wildman–Crippen LogP) is 5.46. The second-order valence-electron chi connectivity index (χ2n) is 10.2. The van der Waals surface area contributed by atoms with Crippen molar-refractivity contribution in [3.8, 4) is 5.69 Å². The SMILES string of the molecule is Cc1cc(Nc2ncc3c(=O)n(-c4c(Cl)cccc4Cl)n4ccnc4c3n2)cc(F)c1N1CCC(N(C)C)CC1. The molecule has 0 atom stereocenters. The molecule has 9 nitrogen and oxygen atoms in total.